The number of fused-ring (bicyclic) bond motifs is 1. The van der Waals surface area contributed by atoms with Crippen LogP contribution in [0.15, 0.2) is 55.1 Å². The molecular formula is C24H30N2O3. The highest BCUT2D eigenvalue weighted by molar-refractivity contribution is 5.76. The molecule has 2 aromatic carbocycles. The van der Waals surface area contributed by atoms with E-state index < -0.39 is 5.60 Å². The largest absolute Gasteiger partial charge is 0.493 e. The van der Waals surface area contributed by atoms with Gasteiger partial charge in [-0.2, -0.15) is 0 Å². The molecule has 1 N–H and O–H groups in total. The van der Waals surface area contributed by atoms with Crippen LogP contribution in [0, 0.1) is 0 Å². The molecule has 0 aliphatic rings. The van der Waals surface area contributed by atoms with Crippen molar-refractivity contribution in [1.82, 2.24) is 9.55 Å². The Morgan fingerprint density at radius 2 is 1.93 bits per heavy atom. The minimum Gasteiger partial charge on any atom is -0.493 e. The van der Waals surface area contributed by atoms with Crippen molar-refractivity contribution in [2.45, 2.75) is 45.3 Å². The molecule has 3 aromatic rings. The lowest BCUT2D eigenvalue weighted by Gasteiger charge is -2.19. The molecule has 0 unspecified atom stereocenters. The van der Waals surface area contributed by atoms with E-state index in [1.807, 2.05) is 48.5 Å². The summed E-state index contributed by atoms with van der Waals surface area (Å²) in [6.07, 6.45) is 4.48. The normalized spacial score (nSPS) is 11.6. The van der Waals surface area contributed by atoms with E-state index in [0.29, 0.717) is 12.4 Å². The molecule has 3 rings (SSSR count). The molecule has 0 saturated carbocycles. The van der Waals surface area contributed by atoms with Gasteiger partial charge in [0, 0.05) is 6.54 Å². The third-order valence-corrected chi connectivity index (χ3v) is 4.84. The van der Waals surface area contributed by atoms with Crippen molar-refractivity contribution in [1.29, 1.82) is 0 Å². The molecular weight excluding hydrogens is 364 g/mol. The van der Waals surface area contributed by atoms with Crippen LogP contribution < -0.4 is 9.47 Å². The Morgan fingerprint density at radius 1 is 1.14 bits per heavy atom. The topological polar surface area (TPSA) is 56.5 Å². The Morgan fingerprint density at radius 3 is 2.66 bits per heavy atom. The van der Waals surface area contributed by atoms with Gasteiger partial charge in [-0.3, -0.25) is 0 Å². The van der Waals surface area contributed by atoms with Gasteiger partial charge in [0.05, 0.1) is 24.8 Å². The Bertz CT molecular complexity index is 970. The summed E-state index contributed by atoms with van der Waals surface area (Å²) >= 11 is 0. The Kier molecular flexibility index (Phi) is 6.60. The molecule has 0 aliphatic heterocycles. The third-order valence-electron chi connectivity index (χ3n) is 4.84. The van der Waals surface area contributed by atoms with Gasteiger partial charge in [0.25, 0.3) is 0 Å². The van der Waals surface area contributed by atoms with Crippen molar-refractivity contribution in [3.05, 3.63) is 66.5 Å². The minimum atomic E-state index is -0.990. The maximum atomic E-state index is 10.5. The summed E-state index contributed by atoms with van der Waals surface area (Å²) in [5.41, 5.74) is 2.11. The molecule has 1 heterocycles. The lowest BCUT2D eigenvalue weighted by atomic mass is 10.1. The van der Waals surface area contributed by atoms with E-state index in [2.05, 4.69) is 16.1 Å². The summed E-state index contributed by atoms with van der Waals surface area (Å²) in [5.74, 6) is 2.19. The summed E-state index contributed by atoms with van der Waals surface area (Å²) in [5, 5.41) is 10.5. The predicted molar refractivity (Wildman–Crippen MR) is 117 cm³/mol. The molecule has 29 heavy (non-hydrogen) atoms. The van der Waals surface area contributed by atoms with Crippen molar-refractivity contribution < 1.29 is 14.6 Å². The molecule has 0 bridgehead atoms. The van der Waals surface area contributed by atoms with Crippen molar-refractivity contribution in [2.24, 2.45) is 0 Å². The molecule has 154 valence electrons. The number of ether oxygens (including phenoxy) is 2. The summed E-state index contributed by atoms with van der Waals surface area (Å²) in [6.45, 7) is 8.69. The summed E-state index contributed by atoms with van der Waals surface area (Å²) in [6, 6.07) is 14.0. The quantitative estimate of drug-likeness (QED) is 0.394. The summed E-state index contributed by atoms with van der Waals surface area (Å²) < 4.78 is 13.5. The molecule has 0 amide bonds. The number of aryl methyl sites for hydroxylation is 1. The van der Waals surface area contributed by atoms with Gasteiger partial charge in [-0.1, -0.05) is 24.3 Å². The van der Waals surface area contributed by atoms with Crippen LogP contribution in [0.2, 0.25) is 0 Å². The second-order valence-corrected chi connectivity index (χ2v) is 7.67. The lowest BCUT2D eigenvalue weighted by Crippen LogP contribution is -2.22. The lowest BCUT2D eigenvalue weighted by molar-refractivity contribution is 0.0650. The zero-order valence-corrected chi connectivity index (χ0v) is 17.5. The van der Waals surface area contributed by atoms with Gasteiger partial charge in [0.15, 0.2) is 11.5 Å². The molecule has 0 spiro atoms. The minimum absolute atomic E-state index is 0.599. The average Bonchev–Trinajstić information content (AvgIpc) is 3.08. The highest BCUT2D eigenvalue weighted by Gasteiger charge is 2.24. The van der Waals surface area contributed by atoms with E-state index in [0.717, 1.165) is 53.9 Å². The van der Waals surface area contributed by atoms with Crippen LogP contribution in [-0.4, -0.2) is 28.4 Å². The first kappa shape index (κ1) is 20.9. The van der Waals surface area contributed by atoms with Crippen LogP contribution in [-0.2, 0) is 18.6 Å². The Hall–Kier alpha value is -2.79. The zero-order valence-electron chi connectivity index (χ0n) is 17.5. The first-order valence-electron chi connectivity index (χ1n) is 10.0. The first-order valence-corrected chi connectivity index (χ1v) is 10.0. The molecule has 5 heteroatoms. The van der Waals surface area contributed by atoms with Gasteiger partial charge in [-0.25, -0.2) is 4.98 Å². The number of para-hydroxylation sites is 2. The van der Waals surface area contributed by atoms with Gasteiger partial charge >= 0.3 is 0 Å². The van der Waals surface area contributed by atoms with Crippen LogP contribution in [0.4, 0.5) is 0 Å². The fourth-order valence-corrected chi connectivity index (χ4v) is 3.45. The van der Waals surface area contributed by atoms with E-state index >= 15 is 0 Å². The molecule has 5 nitrogen and oxygen atoms in total. The number of benzene rings is 2. The van der Waals surface area contributed by atoms with Gasteiger partial charge in [0.2, 0.25) is 0 Å². The first-order chi connectivity index (χ1) is 13.9. The average molecular weight is 395 g/mol. The summed E-state index contributed by atoms with van der Waals surface area (Å²) in [4.78, 5) is 4.63. The maximum Gasteiger partial charge on any atom is 0.161 e. The summed E-state index contributed by atoms with van der Waals surface area (Å²) in [7, 11) is 1.65. The number of hydrogen-bond acceptors (Lipinski definition) is 4. The SMILES string of the molecule is C=CCc1ccc(OCCCCn2c(C(C)(C)O)nc3ccccc32)c(OC)c1. The van der Waals surface area contributed by atoms with Crippen LogP contribution >= 0.6 is 0 Å². The third kappa shape index (κ3) is 4.98. The molecule has 0 atom stereocenters. The van der Waals surface area contributed by atoms with Crippen LogP contribution in [0.3, 0.4) is 0 Å². The highest BCUT2D eigenvalue weighted by atomic mass is 16.5. The molecule has 1 aromatic heterocycles. The standard InChI is InChI=1S/C24H30N2O3/c1-5-10-18-13-14-21(22(17-18)28-4)29-16-9-8-15-26-20-12-7-6-11-19(20)25-23(26)24(2,3)27/h5-7,11-14,17,27H,1,8-10,15-16H2,2-4H3. The number of imidazole rings is 1. The molecule has 0 saturated heterocycles. The number of rotatable bonds is 10. The highest BCUT2D eigenvalue weighted by Crippen LogP contribution is 2.29. The number of aromatic nitrogens is 2. The van der Waals surface area contributed by atoms with Gasteiger partial charge in [-0.05, 0) is 62.9 Å². The van der Waals surface area contributed by atoms with E-state index in [4.69, 9.17) is 9.47 Å². The van der Waals surface area contributed by atoms with E-state index in [1.54, 1.807) is 21.0 Å². The van der Waals surface area contributed by atoms with E-state index in [9.17, 15) is 5.11 Å². The number of allylic oxidation sites excluding steroid dienone is 1. The monoisotopic (exact) mass is 394 g/mol. The number of unbranched alkanes of at least 4 members (excludes halogenated alkanes) is 1. The van der Waals surface area contributed by atoms with Crippen LogP contribution in [0.5, 0.6) is 11.5 Å². The van der Waals surface area contributed by atoms with Crippen molar-refractivity contribution in [3.63, 3.8) is 0 Å². The fraction of sp³-hybridized carbons (Fsp3) is 0.375. The van der Waals surface area contributed by atoms with Crippen molar-refractivity contribution >= 4 is 11.0 Å². The predicted octanol–water partition coefficient (Wildman–Crippen LogP) is 4.86. The Balaban J connectivity index is 1.61. The molecule has 0 fully saturated rings. The van der Waals surface area contributed by atoms with Crippen molar-refractivity contribution in [2.75, 3.05) is 13.7 Å². The number of nitrogens with zero attached hydrogens (tertiary/aromatic N) is 2. The fourth-order valence-electron chi connectivity index (χ4n) is 3.45. The molecule has 0 aliphatic carbocycles. The molecule has 0 radical (unpaired) electrons. The van der Waals surface area contributed by atoms with E-state index in [-0.39, 0.29) is 0 Å². The smallest absolute Gasteiger partial charge is 0.161 e. The number of methoxy groups -OCH3 is 1. The Labute approximate surface area is 172 Å². The van der Waals surface area contributed by atoms with Gasteiger partial charge in [0.1, 0.15) is 11.4 Å². The van der Waals surface area contributed by atoms with Crippen LogP contribution in [0.25, 0.3) is 11.0 Å². The number of aliphatic hydroxyl groups is 1. The second kappa shape index (κ2) is 9.14. The van der Waals surface area contributed by atoms with Gasteiger partial charge in [-0.15, -0.1) is 6.58 Å². The van der Waals surface area contributed by atoms with Crippen molar-refractivity contribution in [3.8, 4) is 11.5 Å². The van der Waals surface area contributed by atoms with E-state index in [1.165, 1.54) is 0 Å². The zero-order chi connectivity index (χ0) is 20.9. The maximum absolute atomic E-state index is 10.5. The number of hydrogen-bond donors (Lipinski definition) is 1. The second-order valence-electron chi connectivity index (χ2n) is 7.67. The van der Waals surface area contributed by atoms with Crippen LogP contribution in [0.1, 0.15) is 38.1 Å². The van der Waals surface area contributed by atoms with Gasteiger partial charge < -0.3 is 19.1 Å².